The molecule has 2 heterocycles. The van der Waals surface area contributed by atoms with Crippen molar-refractivity contribution in [3.05, 3.63) is 60.2 Å². The number of H-pyrrole nitrogens is 1. The van der Waals surface area contributed by atoms with Crippen LogP contribution in [-0.4, -0.2) is 26.4 Å². The molecule has 5 nitrogen and oxygen atoms in total. The number of aryl methyl sites for hydroxylation is 2. The van der Waals surface area contributed by atoms with Crippen LogP contribution in [0.2, 0.25) is 0 Å². The maximum atomic E-state index is 5.72. The highest BCUT2D eigenvalue weighted by Crippen LogP contribution is 2.18. The van der Waals surface area contributed by atoms with Crippen LogP contribution in [-0.2, 0) is 17.9 Å². The number of hydrogen-bond acceptors (Lipinski definition) is 3. The highest BCUT2D eigenvalue weighted by atomic mass is 16.5. The summed E-state index contributed by atoms with van der Waals surface area (Å²) in [6, 6.07) is 12.4. The van der Waals surface area contributed by atoms with Gasteiger partial charge in [-0.1, -0.05) is 30.3 Å². The first-order valence-corrected chi connectivity index (χ1v) is 8.48. The zero-order valence-electron chi connectivity index (χ0n) is 14.1. The molecule has 0 saturated carbocycles. The first kappa shape index (κ1) is 16.5. The molecule has 3 rings (SSSR count). The second kappa shape index (κ2) is 8.45. The van der Waals surface area contributed by atoms with Gasteiger partial charge in [-0.3, -0.25) is 4.68 Å². The number of nitrogens with one attached hydrogen (secondary N) is 1. The Morgan fingerprint density at radius 3 is 2.79 bits per heavy atom. The van der Waals surface area contributed by atoms with Gasteiger partial charge in [0.05, 0.1) is 36.2 Å². The minimum absolute atomic E-state index is 0.698. The van der Waals surface area contributed by atoms with E-state index in [1.807, 2.05) is 31.3 Å². The molecule has 126 valence electrons. The Bertz CT molecular complexity index is 719. The van der Waals surface area contributed by atoms with Crippen molar-refractivity contribution in [2.75, 3.05) is 6.61 Å². The summed E-state index contributed by atoms with van der Waals surface area (Å²) >= 11 is 0. The zero-order valence-corrected chi connectivity index (χ0v) is 14.1. The van der Waals surface area contributed by atoms with Gasteiger partial charge in [-0.2, -0.15) is 5.10 Å². The van der Waals surface area contributed by atoms with Gasteiger partial charge in [-0.25, -0.2) is 4.98 Å². The molecule has 0 unspecified atom stereocenters. The Kier molecular flexibility index (Phi) is 5.80. The lowest BCUT2D eigenvalue weighted by atomic mass is 10.2. The molecule has 2 aromatic heterocycles. The normalized spacial score (nSPS) is 11.0. The second-order valence-electron chi connectivity index (χ2n) is 5.96. The standard InChI is InChI=1S/C19H24N4O/c1-16-12-19(18-13-20-15-21-18)23(22-16)10-6-3-7-11-24-14-17-8-4-2-5-9-17/h2,4-5,8-9,12-13,15H,3,6-7,10-11,14H2,1H3,(H,20,21). The lowest BCUT2D eigenvalue weighted by Crippen LogP contribution is -2.03. The Morgan fingerprint density at radius 1 is 1.12 bits per heavy atom. The molecule has 0 radical (unpaired) electrons. The van der Waals surface area contributed by atoms with Gasteiger partial charge in [0.25, 0.3) is 0 Å². The molecule has 1 aromatic carbocycles. The van der Waals surface area contributed by atoms with Crippen LogP contribution in [0.3, 0.4) is 0 Å². The monoisotopic (exact) mass is 324 g/mol. The summed E-state index contributed by atoms with van der Waals surface area (Å²) in [5.74, 6) is 0. The number of unbranched alkanes of at least 4 members (excludes halogenated alkanes) is 2. The van der Waals surface area contributed by atoms with E-state index in [9.17, 15) is 0 Å². The van der Waals surface area contributed by atoms with E-state index in [4.69, 9.17) is 4.74 Å². The minimum atomic E-state index is 0.698. The highest BCUT2D eigenvalue weighted by Gasteiger charge is 2.08. The third-order valence-electron chi connectivity index (χ3n) is 3.95. The van der Waals surface area contributed by atoms with Crippen molar-refractivity contribution in [3.8, 4) is 11.4 Å². The van der Waals surface area contributed by atoms with Crippen LogP contribution < -0.4 is 0 Å². The summed E-state index contributed by atoms with van der Waals surface area (Å²) in [6.07, 6.45) is 6.84. The smallest absolute Gasteiger partial charge is 0.0924 e. The SMILES string of the molecule is Cc1cc(-c2cnc[nH]2)n(CCCCCOCc2ccccc2)n1. The van der Waals surface area contributed by atoms with E-state index in [1.54, 1.807) is 6.33 Å². The fraction of sp³-hybridized carbons (Fsp3) is 0.368. The molecule has 0 aliphatic rings. The zero-order chi connectivity index (χ0) is 16.6. The van der Waals surface area contributed by atoms with Gasteiger partial charge in [0.2, 0.25) is 0 Å². The molecule has 0 spiro atoms. The molecule has 0 atom stereocenters. The maximum absolute atomic E-state index is 5.72. The summed E-state index contributed by atoms with van der Waals surface area (Å²) in [4.78, 5) is 7.24. The van der Waals surface area contributed by atoms with Crippen LogP contribution >= 0.6 is 0 Å². The Morgan fingerprint density at radius 2 is 2.00 bits per heavy atom. The number of rotatable bonds is 9. The number of aromatic amines is 1. The van der Waals surface area contributed by atoms with Crippen LogP contribution in [0, 0.1) is 6.92 Å². The molecular weight excluding hydrogens is 300 g/mol. The van der Waals surface area contributed by atoms with Crippen LogP contribution in [0.25, 0.3) is 11.4 Å². The third kappa shape index (κ3) is 4.55. The number of imidazole rings is 1. The molecule has 0 fully saturated rings. The van der Waals surface area contributed by atoms with Crippen LogP contribution in [0.1, 0.15) is 30.5 Å². The molecular formula is C19H24N4O. The van der Waals surface area contributed by atoms with Crippen LogP contribution in [0.4, 0.5) is 0 Å². The van der Waals surface area contributed by atoms with Gasteiger partial charge < -0.3 is 9.72 Å². The summed E-state index contributed by atoms with van der Waals surface area (Å²) in [5, 5.41) is 4.58. The van der Waals surface area contributed by atoms with Crippen molar-refractivity contribution in [2.24, 2.45) is 0 Å². The number of nitrogens with zero attached hydrogens (tertiary/aromatic N) is 3. The molecule has 0 aliphatic heterocycles. The highest BCUT2D eigenvalue weighted by molar-refractivity contribution is 5.53. The fourth-order valence-electron chi connectivity index (χ4n) is 2.74. The molecule has 0 bridgehead atoms. The van der Waals surface area contributed by atoms with Gasteiger partial charge in [0.15, 0.2) is 0 Å². The molecule has 0 aliphatic carbocycles. The fourth-order valence-corrected chi connectivity index (χ4v) is 2.74. The van der Waals surface area contributed by atoms with E-state index in [1.165, 1.54) is 5.56 Å². The number of hydrogen-bond donors (Lipinski definition) is 1. The molecule has 5 heteroatoms. The maximum Gasteiger partial charge on any atom is 0.0924 e. The van der Waals surface area contributed by atoms with E-state index in [0.717, 1.165) is 49.5 Å². The van der Waals surface area contributed by atoms with Crippen LogP contribution in [0.5, 0.6) is 0 Å². The van der Waals surface area contributed by atoms with E-state index < -0.39 is 0 Å². The van der Waals surface area contributed by atoms with Gasteiger partial charge in [-0.05, 0) is 37.8 Å². The van der Waals surface area contributed by atoms with Crippen molar-refractivity contribution in [3.63, 3.8) is 0 Å². The van der Waals surface area contributed by atoms with Gasteiger partial charge in [0, 0.05) is 13.2 Å². The van der Waals surface area contributed by atoms with E-state index in [-0.39, 0.29) is 0 Å². The first-order chi connectivity index (χ1) is 11.8. The van der Waals surface area contributed by atoms with E-state index in [2.05, 4.69) is 37.9 Å². The second-order valence-corrected chi connectivity index (χ2v) is 5.96. The number of benzene rings is 1. The third-order valence-corrected chi connectivity index (χ3v) is 3.95. The van der Waals surface area contributed by atoms with Crippen LogP contribution in [0.15, 0.2) is 48.9 Å². The summed E-state index contributed by atoms with van der Waals surface area (Å²) in [7, 11) is 0. The van der Waals surface area contributed by atoms with Crippen molar-refractivity contribution in [1.29, 1.82) is 0 Å². The van der Waals surface area contributed by atoms with Crippen molar-refractivity contribution in [1.82, 2.24) is 19.7 Å². The molecule has 3 aromatic rings. The number of ether oxygens (including phenoxy) is 1. The van der Waals surface area contributed by atoms with Gasteiger partial charge in [-0.15, -0.1) is 0 Å². The predicted octanol–water partition coefficient (Wildman–Crippen LogP) is 3.97. The van der Waals surface area contributed by atoms with Crippen molar-refractivity contribution >= 4 is 0 Å². The Labute approximate surface area is 142 Å². The molecule has 0 amide bonds. The lowest BCUT2D eigenvalue weighted by molar-refractivity contribution is 0.116. The largest absolute Gasteiger partial charge is 0.377 e. The quantitative estimate of drug-likeness (QED) is 0.606. The molecule has 1 N–H and O–H groups in total. The summed E-state index contributed by atoms with van der Waals surface area (Å²) in [6.45, 7) is 4.44. The van der Waals surface area contributed by atoms with Crippen molar-refractivity contribution < 1.29 is 4.74 Å². The van der Waals surface area contributed by atoms with Crippen molar-refractivity contribution in [2.45, 2.75) is 39.3 Å². The van der Waals surface area contributed by atoms with E-state index in [0.29, 0.717) is 6.61 Å². The summed E-state index contributed by atoms with van der Waals surface area (Å²) in [5.41, 5.74) is 4.38. The lowest BCUT2D eigenvalue weighted by Gasteiger charge is -2.07. The topological polar surface area (TPSA) is 55.7 Å². The Balaban J connectivity index is 1.37. The molecule has 0 saturated heterocycles. The van der Waals surface area contributed by atoms with Gasteiger partial charge in [0.1, 0.15) is 0 Å². The van der Waals surface area contributed by atoms with Gasteiger partial charge >= 0.3 is 0 Å². The average molecular weight is 324 g/mol. The number of aromatic nitrogens is 4. The first-order valence-electron chi connectivity index (χ1n) is 8.48. The predicted molar refractivity (Wildman–Crippen MR) is 94.5 cm³/mol. The Hall–Kier alpha value is -2.40. The average Bonchev–Trinajstić information content (AvgIpc) is 3.24. The summed E-state index contributed by atoms with van der Waals surface area (Å²) < 4.78 is 7.79. The van der Waals surface area contributed by atoms with E-state index >= 15 is 0 Å². The minimum Gasteiger partial charge on any atom is -0.377 e. The molecule has 24 heavy (non-hydrogen) atoms.